The van der Waals surface area contributed by atoms with Crippen LogP contribution in [0.3, 0.4) is 0 Å². The largest absolute Gasteiger partial charge is 0.349 e. The summed E-state index contributed by atoms with van der Waals surface area (Å²) in [4.78, 5) is 19.8. The summed E-state index contributed by atoms with van der Waals surface area (Å²) >= 11 is 0. The number of carbonyl (C=O) groups excluding carboxylic acids is 1. The number of nitrogens with one attached hydrogen (secondary N) is 2. The molecule has 4 aliphatic rings. The Morgan fingerprint density at radius 1 is 0.950 bits per heavy atom. The fraction of sp³-hybridized carbons (Fsp3) is 0.294. The highest BCUT2D eigenvalue weighted by molar-refractivity contribution is 5.98. The molecule has 2 atom stereocenters. The molecule has 40 heavy (non-hydrogen) atoms. The molecule has 0 spiro atoms. The van der Waals surface area contributed by atoms with Gasteiger partial charge in [-0.3, -0.25) is 4.79 Å². The van der Waals surface area contributed by atoms with Gasteiger partial charge in [-0.2, -0.15) is 0 Å². The van der Waals surface area contributed by atoms with Crippen LogP contribution in [-0.4, -0.2) is 37.0 Å². The van der Waals surface area contributed by atoms with E-state index in [1.807, 2.05) is 42.4 Å². The Kier molecular flexibility index (Phi) is 6.37. The number of aliphatic imine (C=N–C) groups is 1. The SMILES string of the molecule is Cc1ccc(C(=O)NC2CC2)cc1N1C=NC(=C(c2ccccc2)C2C=C(CNC3CC3)c3ccccc32)C1N. The molecule has 6 heteroatoms. The number of amides is 1. The third-order valence-electron chi connectivity index (χ3n) is 8.40. The first kappa shape index (κ1) is 25.0. The van der Waals surface area contributed by atoms with E-state index in [9.17, 15) is 4.79 Å². The summed E-state index contributed by atoms with van der Waals surface area (Å²) in [6, 6.07) is 26.0. The first-order valence-electron chi connectivity index (χ1n) is 14.4. The first-order chi connectivity index (χ1) is 19.6. The minimum Gasteiger partial charge on any atom is -0.349 e. The molecular formula is C34H35N5O. The van der Waals surface area contributed by atoms with Crippen molar-refractivity contribution in [1.82, 2.24) is 10.6 Å². The molecule has 4 N–H and O–H groups in total. The van der Waals surface area contributed by atoms with Crippen molar-refractivity contribution in [2.75, 3.05) is 11.4 Å². The normalized spacial score (nSPS) is 22.8. The number of carbonyl (C=O) groups is 1. The standard InChI is InChI=1S/C34H35N5O/c1-21-11-12-23(34(40)38-26-15-16-26)18-30(21)39-20-37-32(33(39)35)31(22-7-3-2-4-8-22)29-17-24(19-36-25-13-14-25)27-9-5-6-10-28(27)29/h2-12,17-18,20,25-26,29,33,36H,13-16,19,35H2,1H3,(H,38,40). The molecule has 2 unspecified atom stereocenters. The van der Waals surface area contributed by atoms with Crippen molar-refractivity contribution < 1.29 is 4.79 Å². The van der Waals surface area contributed by atoms with Gasteiger partial charge in [0.2, 0.25) is 0 Å². The Morgan fingerprint density at radius 3 is 2.48 bits per heavy atom. The number of allylic oxidation sites excluding steroid dienone is 2. The second kappa shape index (κ2) is 10.2. The zero-order chi connectivity index (χ0) is 27.2. The van der Waals surface area contributed by atoms with Gasteiger partial charge in [0.1, 0.15) is 6.17 Å². The van der Waals surface area contributed by atoms with Crippen LogP contribution < -0.4 is 21.3 Å². The van der Waals surface area contributed by atoms with Crippen LogP contribution in [0.4, 0.5) is 5.69 Å². The third kappa shape index (κ3) is 4.78. The zero-order valence-electron chi connectivity index (χ0n) is 22.8. The van der Waals surface area contributed by atoms with Gasteiger partial charge in [0, 0.05) is 35.8 Å². The molecule has 202 valence electrons. The minimum absolute atomic E-state index is 0.0331. The Labute approximate surface area is 235 Å². The van der Waals surface area contributed by atoms with E-state index in [0.29, 0.717) is 17.6 Å². The quantitative estimate of drug-likeness (QED) is 0.367. The van der Waals surface area contributed by atoms with Gasteiger partial charge in [-0.25, -0.2) is 4.99 Å². The van der Waals surface area contributed by atoms with E-state index >= 15 is 0 Å². The van der Waals surface area contributed by atoms with Crippen molar-refractivity contribution in [2.24, 2.45) is 10.7 Å². The number of fused-ring (bicyclic) bond motifs is 1. The number of hydrogen-bond donors (Lipinski definition) is 3. The minimum atomic E-state index is -0.482. The molecule has 0 bridgehead atoms. The summed E-state index contributed by atoms with van der Waals surface area (Å²) < 4.78 is 0. The number of hydrogen-bond acceptors (Lipinski definition) is 5. The number of aryl methyl sites for hydroxylation is 1. The summed E-state index contributed by atoms with van der Waals surface area (Å²) in [6.45, 7) is 2.92. The van der Waals surface area contributed by atoms with Gasteiger partial charge in [0.15, 0.2) is 0 Å². The van der Waals surface area contributed by atoms with Crippen LogP contribution in [-0.2, 0) is 0 Å². The van der Waals surface area contributed by atoms with Crippen molar-refractivity contribution in [2.45, 2.75) is 56.8 Å². The number of nitrogens with zero attached hydrogens (tertiary/aromatic N) is 2. The molecule has 2 saturated carbocycles. The van der Waals surface area contributed by atoms with Crippen LogP contribution in [0.2, 0.25) is 0 Å². The van der Waals surface area contributed by atoms with E-state index in [4.69, 9.17) is 10.7 Å². The van der Waals surface area contributed by atoms with Crippen LogP contribution in [0, 0.1) is 6.92 Å². The topological polar surface area (TPSA) is 82.8 Å². The van der Waals surface area contributed by atoms with Gasteiger partial charge < -0.3 is 21.3 Å². The van der Waals surface area contributed by atoms with Gasteiger partial charge in [-0.15, -0.1) is 0 Å². The molecule has 1 amide bonds. The number of rotatable bonds is 8. The Balaban J connectivity index is 1.28. The average molecular weight is 530 g/mol. The lowest BCUT2D eigenvalue weighted by molar-refractivity contribution is 0.0951. The van der Waals surface area contributed by atoms with Gasteiger partial charge in [-0.1, -0.05) is 66.7 Å². The highest BCUT2D eigenvalue weighted by Crippen LogP contribution is 2.46. The zero-order valence-corrected chi connectivity index (χ0v) is 22.8. The van der Waals surface area contributed by atoms with E-state index in [2.05, 4.69) is 65.2 Å². The van der Waals surface area contributed by atoms with Crippen molar-refractivity contribution in [3.8, 4) is 0 Å². The Hall–Kier alpha value is -4.00. The van der Waals surface area contributed by atoms with E-state index in [1.165, 1.54) is 29.5 Å². The molecule has 0 aromatic heterocycles. The smallest absolute Gasteiger partial charge is 0.251 e. The van der Waals surface area contributed by atoms with E-state index in [1.54, 1.807) is 0 Å². The summed E-state index contributed by atoms with van der Waals surface area (Å²) in [5.74, 6) is 0.0127. The van der Waals surface area contributed by atoms with E-state index in [0.717, 1.165) is 47.5 Å². The highest BCUT2D eigenvalue weighted by atomic mass is 16.1. The fourth-order valence-electron chi connectivity index (χ4n) is 5.85. The second-order valence-corrected chi connectivity index (χ2v) is 11.4. The van der Waals surface area contributed by atoms with Gasteiger partial charge in [0.05, 0.1) is 12.0 Å². The lowest BCUT2D eigenvalue weighted by Crippen LogP contribution is -2.39. The molecule has 0 saturated heterocycles. The first-order valence-corrected chi connectivity index (χ1v) is 14.4. The van der Waals surface area contributed by atoms with Crippen LogP contribution in [0.25, 0.3) is 11.1 Å². The van der Waals surface area contributed by atoms with Gasteiger partial charge in [0.25, 0.3) is 5.91 Å². The maximum Gasteiger partial charge on any atom is 0.251 e. The monoisotopic (exact) mass is 529 g/mol. The van der Waals surface area contributed by atoms with Gasteiger partial charge in [-0.05, 0) is 78.1 Å². The number of nitrogens with two attached hydrogens (primary N) is 1. The predicted molar refractivity (Wildman–Crippen MR) is 162 cm³/mol. The third-order valence-corrected chi connectivity index (χ3v) is 8.40. The molecular weight excluding hydrogens is 494 g/mol. The maximum absolute atomic E-state index is 12.8. The molecule has 3 aromatic rings. The van der Waals surface area contributed by atoms with Crippen LogP contribution in [0.1, 0.15) is 64.2 Å². The summed E-state index contributed by atoms with van der Waals surface area (Å²) in [6.07, 6.45) is 8.38. The molecule has 3 aromatic carbocycles. The Bertz CT molecular complexity index is 1550. The lowest BCUT2D eigenvalue weighted by Gasteiger charge is -2.26. The second-order valence-electron chi connectivity index (χ2n) is 11.4. The molecule has 2 fully saturated rings. The van der Waals surface area contributed by atoms with Crippen molar-refractivity contribution >= 4 is 29.1 Å². The number of anilines is 1. The predicted octanol–water partition coefficient (Wildman–Crippen LogP) is 5.36. The molecule has 1 aliphatic heterocycles. The number of benzene rings is 3. The van der Waals surface area contributed by atoms with E-state index < -0.39 is 6.17 Å². The summed E-state index contributed by atoms with van der Waals surface area (Å²) in [5, 5.41) is 6.80. The fourth-order valence-corrected chi connectivity index (χ4v) is 5.85. The average Bonchev–Trinajstić information content (AvgIpc) is 3.91. The molecule has 7 rings (SSSR count). The van der Waals surface area contributed by atoms with Crippen molar-refractivity contribution in [3.05, 3.63) is 112 Å². The summed E-state index contributed by atoms with van der Waals surface area (Å²) in [7, 11) is 0. The van der Waals surface area contributed by atoms with Crippen molar-refractivity contribution in [1.29, 1.82) is 0 Å². The highest BCUT2D eigenvalue weighted by Gasteiger charge is 2.34. The molecule has 6 nitrogen and oxygen atoms in total. The van der Waals surface area contributed by atoms with Gasteiger partial charge >= 0.3 is 0 Å². The van der Waals surface area contributed by atoms with Crippen molar-refractivity contribution in [3.63, 3.8) is 0 Å². The van der Waals surface area contributed by atoms with E-state index in [-0.39, 0.29) is 11.8 Å². The lowest BCUT2D eigenvalue weighted by atomic mass is 9.86. The molecule has 0 radical (unpaired) electrons. The summed E-state index contributed by atoms with van der Waals surface area (Å²) in [5.41, 5.74) is 16.6. The Morgan fingerprint density at radius 2 is 1.70 bits per heavy atom. The maximum atomic E-state index is 12.8. The molecule has 3 aliphatic carbocycles. The van der Waals surface area contributed by atoms with Crippen LogP contribution in [0.5, 0.6) is 0 Å². The molecule has 1 heterocycles. The van der Waals surface area contributed by atoms with Crippen LogP contribution in [0.15, 0.2) is 89.6 Å². The van der Waals surface area contributed by atoms with Crippen LogP contribution >= 0.6 is 0 Å².